The van der Waals surface area contributed by atoms with Crippen molar-refractivity contribution in [1.82, 2.24) is 15.1 Å². The normalized spacial score (nSPS) is 16.1. The highest BCUT2D eigenvalue weighted by atomic mass is 35.5. The Balaban J connectivity index is 1.68. The molecule has 1 atom stereocenters. The molecule has 1 aliphatic rings. The summed E-state index contributed by atoms with van der Waals surface area (Å²) in [6.07, 6.45) is 3.03. The fraction of sp³-hybridized carbons (Fsp3) is 0.421. The van der Waals surface area contributed by atoms with E-state index in [-0.39, 0.29) is 18.4 Å². The molecule has 1 saturated heterocycles. The molecule has 3 rings (SSSR count). The van der Waals surface area contributed by atoms with Crippen LogP contribution in [-0.2, 0) is 9.53 Å². The number of rotatable bonds is 6. The van der Waals surface area contributed by atoms with Crippen LogP contribution in [0.3, 0.4) is 0 Å². The predicted octanol–water partition coefficient (Wildman–Crippen LogP) is 2.69. The van der Waals surface area contributed by atoms with Crippen LogP contribution >= 0.6 is 11.6 Å². The minimum atomic E-state index is -0.893. The molecule has 1 fully saturated rings. The second kappa shape index (κ2) is 8.54. The standard InChI is InChI=1S/C19H22ClN3O4/c1-12-17(11-23(22-12)15-4-2-14(20)3-5-15)18(24)21-10-16(19(25)26)13-6-8-27-9-7-13/h2-5,11,13,16H,6-10H2,1H3,(H,21,24)(H,25,26). The average Bonchev–Trinajstić information content (AvgIpc) is 3.05. The fourth-order valence-electron chi connectivity index (χ4n) is 3.28. The molecule has 2 N–H and O–H groups in total. The first kappa shape index (κ1) is 19.4. The summed E-state index contributed by atoms with van der Waals surface area (Å²) in [5.74, 6) is -1.83. The molecule has 0 radical (unpaired) electrons. The van der Waals surface area contributed by atoms with Crippen molar-refractivity contribution in [1.29, 1.82) is 0 Å². The number of halogens is 1. The number of hydrogen-bond donors (Lipinski definition) is 2. The van der Waals surface area contributed by atoms with Gasteiger partial charge in [0.05, 0.1) is 22.9 Å². The number of hydrogen-bond acceptors (Lipinski definition) is 4. The third kappa shape index (κ3) is 4.67. The lowest BCUT2D eigenvalue weighted by Gasteiger charge is -2.27. The predicted molar refractivity (Wildman–Crippen MR) is 100 cm³/mol. The van der Waals surface area contributed by atoms with Crippen LogP contribution in [0, 0.1) is 18.8 Å². The Morgan fingerprint density at radius 1 is 1.33 bits per heavy atom. The van der Waals surface area contributed by atoms with Gasteiger partial charge in [-0.15, -0.1) is 0 Å². The summed E-state index contributed by atoms with van der Waals surface area (Å²) in [5.41, 5.74) is 1.77. The van der Waals surface area contributed by atoms with E-state index >= 15 is 0 Å². The van der Waals surface area contributed by atoms with Crippen LogP contribution in [0.1, 0.15) is 28.9 Å². The average molecular weight is 392 g/mol. The van der Waals surface area contributed by atoms with Crippen molar-refractivity contribution in [2.75, 3.05) is 19.8 Å². The molecule has 0 aliphatic carbocycles. The largest absolute Gasteiger partial charge is 0.481 e. The Morgan fingerprint density at radius 3 is 2.63 bits per heavy atom. The van der Waals surface area contributed by atoms with Crippen LogP contribution < -0.4 is 5.32 Å². The van der Waals surface area contributed by atoms with Crippen LogP contribution in [-0.4, -0.2) is 46.5 Å². The third-order valence-corrected chi connectivity index (χ3v) is 5.12. The molecular formula is C19H22ClN3O4. The van der Waals surface area contributed by atoms with Gasteiger partial charge in [0.1, 0.15) is 0 Å². The molecule has 1 unspecified atom stereocenters. The highest BCUT2D eigenvalue weighted by molar-refractivity contribution is 6.30. The maximum absolute atomic E-state index is 12.6. The highest BCUT2D eigenvalue weighted by Crippen LogP contribution is 2.24. The lowest BCUT2D eigenvalue weighted by atomic mass is 9.86. The minimum Gasteiger partial charge on any atom is -0.481 e. The monoisotopic (exact) mass is 391 g/mol. The van der Waals surface area contributed by atoms with Gasteiger partial charge in [0.15, 0.2) is 0 Å². The van der Waals surface area contributed by atoms with E-state index in [2.05, 4.69) is 10.4 Å². The summed E-state index contributed by atoms with van der Waals surface area (Å²) in [5, 5.41) is 17.3. The number of ether oxygens (including phenoxy) is 1. The van der Waals surface area contributed by atoms with Crippen molar-refractivity contribution in [3.05, 3.63) is 46.7 Å². The summed E-state index contributed by atoms with van der Waals surface area (Å²) in [7, 11) is 0. The quantitative estimate of drug-likeness (QED) is 0.789. The van der Waals surface area contributed by atoms with Crippen molar-refractivity contribution >= 4 is 23.5 Å². The maximum atomic E-state index is 12.6. The molecule has 144 valence electrons. The SMILES string of the molecule is Cc1nn(-c2ccc(Cl)cc2)cc1C(=O)NCC(C(=O)O)C1CCOCC1. The number of carbonyl (C=O) groups is 2. The second-order valence-electron chi connectivity index (χ2n) is 6.65. The van der Waals surface area contributed by atoms with Gasteiger partial charge in [0, 0.05) is 31.0 Å². The molecule has 1 aromatic carbocycles. The molecular weight excluding hydrogens is 370 g/mol. The summed E-state index contributed by atoms with van der Waals surface area (Å²) in [6, 6.07) is 7.11. The van der Waals surface area contributed by atoms with Crippen LogP contribution in [0.5, 0.6) is 0 Å². The van der Waals surface area contributed by atoms with Gasteiger partial charge in [0.2, 0.25) is 0 Å². The molecule has 0 saturated carbocycles. The number of amides is 1. The summed E-state index contributed by atoms with van der Waals surface area (Å²) < 4.78 is 6.90. The van der Waals surface area contributed by atoms with Crippen molar-refractivity contribution < 1.29 is 19.4 Å². The van der Waals surface area contributed by atoms with E-state index in [0.717, 1.165) is 5.69 Å². The van der Waals surface area contributed by atoms with E-state index < -0.39 is 11.9 Å². The van der Waals surface area contributed by atoms with Crippen molar-refractivity contribution in [2.24, 2.45) is 11.8 Å². The lowest BCUT2D eigenvalue weighted by Crippen LogP contribution is -2.39. The Labute approximate surface area is 162 Å². The van der Waals surface area contributed by atoms with E-state index in [9.17, 15) is 14.7 Å². The van der Waals surface area contributed by atoms with Gasteiger partial charge >= 0.3 is 5.97 Å². The smallest absolute Gasteiger partial charge is 0.308 e. The van der Waals surface area contributed by atoms with E-state index in [1.54, 1.807) is 29.9 Å². The van der Waals surface area contributed by atoms with Gasteiger partial charge in [-0.2, -0.15) is 5.10 Å². The maximum Gasteiger partial charge on any atom is 0.308 e. The first-order chi connectivity index (χ1) is 13.0. The summed E-state index contributed by atoms with van der Waals surface area (Å²) in [6.45, 7) is 2.96. The fourth-order valence-corrected chi connectivity index (χ4v) is 3.41. The van der Waals surface area contributed by atoms with Crippen molar-refractivity contribution in [3.8, 4) is 5.69 Å². The number of benzene rings is 1. The zero-order valence-corrected chi connectivity index (χ0v) is 15.8. The van der Waals surface area contributed by atoms with Crippen LogP contribution in [0.4, 0.5) is 0 Å². The number of nitrogens with one attached hydrogen (secondary N) is 1. The Morgan fingerprint density at radius 2 is 2.00 bits per heavy atom. The molecule has 1 aliphatic heterocycles. The Hall–Kier alpha value is -2.38. The van der Waals surface area contributed by atoms with Gasteiger partial charge in [-0.25, -0.2) is 4.68 Å². The van der Waals surface area contributed by atoms with Crippen LogP contribution in [0.25, 0.3) is 5.69 Å². The first-order valence-corrected chi connectivity index (χ1v) is 9.24. The van der Waals surface area contributed by atoms with Crippen molar-refractivity contribution in [2.45, 2.75) is 19.8 Å². The van der Waals surface area contributed by atoms with E-state index in [0.29, 0.717) is 42.3 Å². The number of nitrogens with zero attached hydrogens (tertiary/aromatic N) is 2. The number of carbonyl (C=O) groups excluding carboxylic acids is 1. The van der Waals surface area contributed by atoms with E-state index in [1.807, 2.05) is 12.1 Å². The van der Waals surface area contributed by atoms with Crippen LogP contribution in [0.2, 0.25) is 5.02 Å². The number of carboxylic acids is 1. The zero-order valence-electron chi connectivity index (χ0n) is 15.0. The molecule has 1 amide bonds. The Bertz CT molecular complexity index is 813. The molecule has 2 aromatic rings. The lowest BCUT2D eigenvalue weighted by molar-refractivity contribution is -0.144. The molecule has 0 spiro atoms. The number of aliphatic carboxylic acids is 1. The van der Waals surface area contributed by atoms with E-state index in [1.165, 1.54) is 0 Å². The van der Waals surface area contributed by atoms with Gasteiger partial charge in [-0.05, 0) is 49.9 Å². The van der Waals surface area contributed by atoms with Crippen LogP contribution in [0.15, 0.2) is 30.5 Å². The number of aryl methyl sites for hydroxylation is 1. The number of carboxylic acid groups (broad SMARTS) is 1. The Kier molecular flexibility index (Phi) is 6.13. The summed E-state index contributed by atoms with van der Waals surface area (Å²) >= 11 is 5.90. The summed E-state index contributed by atoms with van der Waals surface area (Å²) in [4.78, 5) is 24.2. The van der Waals surface area contributed by atoms with Gasteiger partial charge in [0.25, 0.3) is 5.91 Å². The van der Waals surface area contributed by atoms with Gasteiger partial charge in [-0.1, -0.05) is 11.6 Å². The van der Waals surface area contributed by atoms with Crippen molar-refractivity contribution in [3.63, 3.8) is 0 Å². The molecule has 1 aromatic heterocycles. The molecule has 2 heterocycles. The molecule has 7 nitrogen and oxygen atoms in total. The molecule has 0 bridgehead atoms. The molecule has 27 heavy (non-hydrogen) atoms. The highest BCUT2D eigenvalue weighted by Gasteiger charge is 2.30. The second-order valence-corrected chi connectivity index (χ2v) is 7.09. The van der Waals surface area contributed by atoms with Gasteiger partial charge < -0.3 is 15.2 Å². The first-order valence-electron chi connectivity index (χ1n) is 8.86. The topological polar surface area (TPSA) is 93.5 Å². The zero-order chi connectivity index (χ0) is 19.4. The van der Waals surface area contributed by atoms with Gasteiger partial charge in [-0.3, -0.25) is 9.59 Å². The third-order valence-electron chi connectivity index (χ3n) is 4.87. The molecule has 8 heteroatoms. The minimum absolute atomic E-state index is 0.00874. The van der Waals surface area contributed by atoms with E-state index in [4.69, 9.17) is 16.3 Å². The number of aromatic nitrogens is 2.